The lowest BCUT2D eigenvalue weighted by Crippen LogP contribution is -2.29. The number of anilines is 1. The van der Waals surface area contributed by atoms with Crippen LogP contribution in [0.3, 0.4) is 0 Å². The summed E-state index contributed by atoms with van der Waals surface area (Å²) in [5.74, 6) is -0.448. The Bertz CT molecular complexity index is 1420. The second-order valence-corrected chi connectivity index (χ2v) is 8.09. The number of amides is 2. The van der Waals surface area contributed by atoms with E-state index in [2.05, 4.69) is 0 Å². The zero-order valence-electron chi connectivity index (χ0n) is 19.2. The third-order valence-corrected chi connectivity index (χ3v) is 5.63. The fraction of sp³-hybridized carbons (Fsp3) is 0.0333. The van der Waals surface area contributed by atoms with E-state index in [0.29, 0.717) is 23.4 Å². The summed E-state index contributed by atoms with van der Waals surface area (Å²) in [5, 5.41) is 0. The number of ether oxygens (including phenoxy) is 2. The van der Waals surface area contributed by atoms with E-state index in [1.54, 1.807) is 48.5 Å². The second-order valence-electron chi connectivity index (χ2n) is 8.09. The molecule has 0 atom stereocenters. The van der Waals surface area contributed by atoms with Gasteiger partial charge in [0.05, 0.1) is 16.8 Å². The van der Waals surface area contributed by atoms with Gasteiger partial charge in [-0.2, -0.15) is 0 Å². The number of imide groups is 1. The fourth-order valence-electron chi connectivity index (χ4n) is 3.84. The zero-order valence-corrected chi connectivity index (χ0v) is 19.2. The molecule has 0 bridgehead atoms. The maximum atomic E-state index is 12.7. The van der Waals surface area contributed by atoms with E-state index in [1.807, 2.05) is 54.6 Å². The van der Waals surface area contributed by atoms with Gasteiger partial charge in [-0.25, -0.2) is 9.69 Å². The monoisotopic (exact) mass is 475 g/mol. The molecule has 36 heavy (non-hydrogen) atoms. The highest BCUT2D eigenvalue weighted by molar-refractivity contribution is 6.34. The second kappa shape index (κ2) is 10.1. The molecule has 176 valence electrons. The van der Waals surface area contributed by atoms with Crippen molar-refractivity contribution in [3.63, 3.8) is 0 Å². The highest BCUT2D eigenvalue weighted by Crippen LogP contribution is 2.30. The molecule has 0 N–H and O–H groups in total. The first-order valence-electron chi connectivity index (χ1n) is 11.3. The topological polar surface area (TPSA) is 72.9 Å². The van der Waals surface area contributed by atoms with Crippen LogP contribution in [-0.2, 0) is 11.4 Å². The maximum Gasteiger partial charge on any atom is 0.336 e. The van der Waals surface area contributed by atoms with Gasteiger partial charge in [0.1, 0.15) is 18.1 Å². The van der Waals surface area contributed by atoms with Crippen molar-refractivity contribution in [1.29, 1.82) is 0 Å². The van der Waals surface area contributed by atoms with Gasteiger partial charge in [-0.05, 0) is 53.6 Å². The lowest BCUT2D eigenvalue weighted by molar-refractivity contribution is -0.128. The Labute approximate surface area is 208 Å². The fourth-order valence-corrected chi connectivity index (χ4v) is 3.84. The third-order valence-electron chi connectivity index (χ3n) is 5.63. The van der Waals surface area contributed by atoms with Crippen LogP contribution in [0, 0.1) is 0 Å². The molecule has 0 unspecified atom stereocenters. The quantitative estimate of drug-likeness (QED) is 0.149. The maximum absolute atomic E-state index is 12.7. The van der Waals surface area contributed by atoms with Crippen LogP contribution in [0.25, 0.3) is 6.08 Å². The van der Waals surface area contributed by atoms with Crippen LogP contribution in [0.4, 0.5) is 5.69 Å². The van der Waals surface area contributed by atoms with E-state index in [9.17, 15) is 14.4 Å². The average molecular weight is 476 g/mol. The van der Waals surface area contributed by atoms with E-state index in [0.717, 1.165) is 21.8 Å². The van der Waals surface area contributed by atoms with Crippen molar-refractivity contribution in [2.24, 2.45) is 0 Å². The number of esters is 1. The van der Waals surface area contributed by atoms with Gasteiger partial charge in [-0.15, -0.1) is 0 Å². The number of fused-ring (bicyclic) bond motifs is 1. The van der Waals surface area contributed by atoms with Crippen LogP contribution in [0.2, 0.25) is 0 Å². The van der Waals surface area contributed by atoms with E-state index in [4.69, 9.17) is 9.47 Å². The van der Waals surface area contributed by atoms with Gasteiger partial charge in [0.15, 0.2) is 0 Å². The summed E-state index contributed by atoms with van der Waals surface area (Å²) < 4.78 is 11.2. The number of carbonyl (C=O) groups is 3. The van der Waals surface area contributed by atoms with Crippen molar-refractivity contribution < 1.29 is 23.9 Å². The summed E-state index contributed by atoms with van der Waals surface area (Å²) in [6.07, 6.45) is 2.95. The molecule has 2 amide bonds. The summed E-state index contributed by atoms with van der Waals surface area (Å²) in [7, 11) is 0. The highest BCUT2D eigenvalue weighted by Gasteiger charge is 2.36. The van der Waals surface area contributed by atoms with Gasteiger partial charge in [0, 0.05) is 12.1 Å². The lowest BCUT2D eigenvalue weighted by atomic mass is 10.1. The molecule has 0 radical (unpaired) electrons. The molecule has 1 aliphatic heterocycles. The molecule has 0 spiro atoms. The van der Waals surface area contributed by atoms with Crippen LogP contribution in [0.5, 0.6) is 11.5 Å². The number of hydrogen-bond acceptors (Lipinski definition) is 5. The van der Waals surface area contributed by atoms with Crippen LogP contribution < -0.4 is 14.4 Å². The van der Waals surface area contributed by atoms with Crippen molar-refractivity contribution in [3.05, 3.63) is 131 Å². The lowest BCUT2D eigenvalue weighted by Gasteiger charge is -2.14. The van der Waals surface area contributed by atoms with Crippen LogP contribution in [-0.4, -0.2) is 17.8 Å². The van der Waals surface area contributed by atoms with Crippen molar-refractivity contribution in [3.8, 4) is 11.5 Å². The predicted octanol–water partition coefficient (Wildman–Crippen LogP) is 5.69. The van der Waals surface area contributed by atoms with Gasteiger partial charge in [0.2, 0.25) is 0 Å². The normalized spacial score (nSPS) is 12.6. The molecule has 1 heterocycles. The van der Waals surface area contributed by atoms with Crippen LogP contribution in [0.1, 0.15) is 31.8 Å². The standard InChI is InChI=1S/C30H21NO5/c32-28(18-15-21-13-16-24(17-14-21)35-20-22-7-2-1-3-8-22)36-25-10-6-9-23(19-25)31-29(33)26-11-4-5-12-27(26)30(31)34/h1-19H,20H2/b18-15+. The number of benzene rings is 4. The Kier molecular flexibility index (Phi) is 6.40. The van der Waals surface area contributed by atoms with E-state index >= 15 is 0 Å². The van der Waals surface area contributed by atoms with Crippen LogP contribution >= 0.6 is 0 Å². The highest BCUT2D eigenvalue weighted by atomic mass is 16.5. The number of rotatable bonds is 7. The zero-order chi connectivity index (χ0) is 24.9. The van der Waals surface area contributed by atoms with Gasteiger partial charge in [0.25, 0.3) is 11.8 Å². The predicted molar refractivity (Wildman–Crippen MR) is 136 cm³/mol. The van der Waals surface area contributed by atoms with E-state index in [-0.39, 0.29) is 5.75 Å². The third kappa shape index (κ3) is 4.93. The first-order valence-corrected chi connectivity index (χ1v) is 11.3. The van der Waals surface area contributed by atoms with Crippen molar-refractivity contribution in [1.82, 2.24) is 0 Å². The molecular weight excluding hydrogens is 454 g/mol. The molecule has 4 aromatic carbocycles. The minimum atomic E-state index is -0.584. The largest absolute Gasteiger partial charge is 0.489 e. The summed E-state index contributed by atoms with van der Waals surface area (Å²) in [6, 6.07) is 30.2. The van der Waals surface area contributed by atoms with Gasteiger partial charge in [-0.1, -0.05) is 60.7 Å². The molecular formula is C30H21NO5. The molecule has 6 nitrogen and oxygen atoms in total. The minimum absolute atomic E-state index is 0.225. The van der Waals surface area contributed by atoms with Gasteiger partial charge in [-0.3, -0.25) is 9.59 Å². The first kappa shape index (κ1) is 22.8. The Morgan fingerprint density at radius 3 is 2.08 bits per heavy atom. The number of carbonyl (C=O) groups excluding carboxylic acids is 3. The summed E-state index contributed by atoms with van der Waals surface area (Å²) in [5.41, 5.74) is 2.92. The molecule has 6 heteroatoms. The first-order chi connectivity index (χ1) is 17.6. The summed E-state index contributed by atoms with van der Waals surface area (Å²) in [4.78, 5) is 38.9. The molecule has 0 fully saturated rings. The minimum Gasteiger partial charge on any atom is -0.489 e. The molecule has 0 saturated heterocycles. The molecule has 0 saturated carbocycles. The van der Waals surface area contributed by atoms with Crippen LogP contribution in [0.15, 0.2) is 109 Å². The average Bonchev–Trinajstić information content (AvgIpc) is 3.17. The van der Waals surface area contributed by atoms with E-state index in [1.165, 1.54) is 12.1 Å². The van der Waals surface area contributed by atoms with Gasteiger partial charge < -0.3 is 9.47 Å². The van der Waals surface area contributed by atoms with Crippen molar-refractivity contribution >= 4 is 29.5 Å². The molecule has 0 aromatic heterocycles. The van der Waals surface area contributed by atoms with Crippen molar-refractivity contribution in [2.75, 3.05) is 4.90 Å². The SMILES string of the molecule is O=C(/C=C/c1ccc(OCc2ccccc2)cc1)Oc1cccc(N2C(=O)c3ccccc3C2=O)c1. The number of hydrogen-bond donors (Lipinski definition) is 0. The Morgan fingerprint density at radius 2 is 1.39 bits per heavy atom. The van der Waals surface area contributed by atoms with Crippen molar-refractivity contribution in [2.45, 2.75) is 6.61 Å². The summed E-state index contributed by atoms with van der Waals surface area (Å²) in [6.45, 7) is 0.474. The smallest absolute Gasteiger partial charge is 0.336 e. The van der Waals surface area contributed by atoms with E-state index < -0.39 is 17.8 Å². The molecule has 4 aromatic rings. The molecule has 1 aliphatic rings. The number of nitrogens with zero attached hydrogens (tertiary/aromatic N) is 1. The molecule has 5 rings (SSSR count). The summed E-state index contributed by atoms with van der Waals surface area (Å²) >= 11 is 0. The van der Waals surface area contributed by atoms with Gasteiger partial charge >= 0.3 is 5.97 Å². The Morgan fingerprint density at radius 1 is 0.722 bits per heavy atom. The Balaban J connectivity index is 1.20. The molecule has 0 aliphatic carbocycles. The Hall–Kier alpha value is -4.97.